The SMILES string of the molecule is CC(C)(C)OCCN1CCc2sccc2C1C(=O)O. The molecule has 1 N–H and O–H groups in total. The van der Waals surface area contributed by atoms with Crippen molar-refractivity contribution in [3.05, 3.63) is 21.9 Å². The lowest BCUT2D eigenvalue weighted by Crippen LogP contribution is -2.41. The minimum atomic E-state index is -0.768. The minimum absolute atomic E-state index is 0.179. The van der Waals surface area contributed by atoms with Gasteiger partial charge in [-0.3, -0.25) is 9.69 Å². The van der Waals surface area contributed by atoms with E-state index in [0.717, 1.165) is 18.5 Å². The van der Waals surface area contributed by atoms with Gasteiger partial charge in [0.15, 0.2) is 0 Å². The lowest BCUT2D eigenvalue weighted by atomic mass is 10.0. The molecule has 2 heterocycles. The van der Waals surface area contributed by atoms with Gasteiger partial charge in [0.25, 0.3) is 0 Å². The fraction of sp³-hybridized carbons (Fsp3) is 0.643. The lowest BCUT2D eigenvalue weighted by Gasteiger charge is -2.33. The van der Waals surface area contributed by atoms with Gasteiger partial charge in [-0.15, -0.1) is 11.3 Å². The summed E-state index contributed by atoms with van der Waals surface area (Å²) in [4.78, 5) is 14.7. The van der Waals surface area contributed by atoms with Crippen LogP contribution < -0.4 is 0 Å². The molecule has 1 aliphatic rings. The van der Waals surface area contributed by atoms with E-state index in [-0.39, 0.29) is 5.60 Å². The van der Waals surface area contributed by atoms with Crippen LogP contribution in [0.1, 0.15) is 37.3 Å². The molecule has 0 spiro atoms. The average Bonchev–Trinajstić information content (AvgIpc) is 2.74. The van der Waals surface area contributed by atoms with Crippen LogP contribution in [0.3, 0.4) is 0 Å². The quantitative estimate of drug-likeness (QED) is 0.922. The first-order valence-electron chi connectivity index (χ1n) is 6.55. The first-order valence-corrected chi connectivity index (χ1v) is 7.43. The van der Waals surface area contributed by atoms with E-state index in [1.807, 2.05) is 37.1 Å². The van der Waals surface area contributed by atoms with E-state index in [0.29, 0.717) is 13.2 Å². The zero-order valence-corrected chi connectivity index (χ0v) is 12.5. The van der Waals surface area contributed by atoms with Crippen LogP contribution in [0.15, 0.2) is 11.4 Å². The molecule has 19 heavy (non-hydrogen) atoms. The van der Waals surface area contributed by atoms with E-state index >= 15 is 0 Å². The summed E-state index contributed by atoms with van der Waals surface area (Å²) in [5.41, 5.74) is 0.779. The second-order valence-electron chi connectivity index (χ2n) is 5.79. The number of hydrogen-bond donors (Lipinski definition) is 1. The number of rotatable bonds is 4. The Morgan fingerprint density at radius 3 is 2.95 bits per heavy atom. The summed E-state index contributed by atoms with van der Waals surface area (Å²) in [5, 5.41) is 11.4. The summed E-state index contributed by atoms with van der Waals surface area (Å²) in [6.07, 6.45) is 0.937. The highest BCUT2D eigenvalue weighted by atomic mass is 32.1. The van der Waals surface area contributed by atoms with Crippen molar-refractivity contribution in [1.29, 1.82) is 0 Å². The molecule has 1 aromatic rings. The van der Waals surface area contributed by atoms with Crippen LogP contribution in [-0.2, 0) is 16.0 Å². The van der Waals surface area contributed by atoms with E-state index < -0.39 is 12.0 Å². The predicted octanol–water partition coefficient (Wildman–Crippen LogP) is 2.55. The second-order valence-corrected chi connectivity index (χ2v) is 6.79. The lowest BCUT2D eigenvalue weighted by molar-refractivity contribution is -0.144. The number of hydrogen-bond acceptors (Lipinski definition) is 4. The molecule has 0 saturated heterocycles. The third-order valence-corrected chi connectivity index (χ3v) is 4.21. The van der Waals surface area contributed by atoms with Gasteiger partial charge in [-0.1, -0.05) is 0 Å². The van der Waals surface area contributed by atoms with Gasteiger partial charge in [0.1, 0.15) is 6.04 Å². The molecule has 0 amide bonds. The molecule has 5 heteroatoms. The summed E-state index contributed by atoms with van der Waals surface area (Å²) in [5.74, 6) is -0.768. The fourth-order valence-electron chi connectivity index (χ4n) is 2.37. The molecule has 0 radical (unpaired) electrons. The zero-order valence-electron chi connectivity index (χ0n) is 11.7. The summed E-state index contributed by atoms with van der Waals surface area (Å²) in [7, 11) is 0. The van der Waals surface area contributed by atoms with E-state index in [9.17, 15) is 9.90 Å². The largest absolute Gasteiger partial charge is 0.480 e. The maximum atomic E-state index is 11.5. The Balaban J connectivity index is 2.03. The average molecular weight is 283 g/mol. The van der Waals surface area contributed by atoms with Crippen molar-refractivity contribution in [3.8, 4) is 0 Å². The van der Waals surface area contributed by atoms with Gasteiger partial charge in [0.2, 0.25) is 0 Å². The van der Waals surface area contributed by atoms with Crippen LogP contribution in [0.2, 0.25) is 0 Å². The number of ether oxygens (including phenoxy) is 1. The van der Waals surface area contributed by atoms with E-state index in [1.165, 1.54) is 4.88 Å². The number of thiophene rings is 1. The van der Waals surface area contributed by atoms with Gasteiger partial charge in [-0.2, -0.15) is 0 Å². The molecular weight excluding hydrogens is 262 g/mol. The Morgan fingerprint density at radius 1 is 1.58 bits per heavy atom. The van der Waals surface area contributed by atoms with Crippen molar-refractivity contribution in [1.82, 2.24) is 4.90 Å². The van der Waals surface area contributed by atoms with Gasteiger partial charge < -0.3 is 9.84 Å². The predicted molar refractivity (Wildman–Crippen MR) is 75.7 cm³/mol. The first-order chi connectivity index (χ1) is 8.88. The Kier molecular flexibility index (Phi) is 4.28. The topological polar surface area (TPSA) is 49.8 Å². The fourth-order valence-corrected chi connectivity index (χ4v) is 3.27. The van der Waals surface area contributed by atoms with Crippen LogP contribution in [-0.4, -0.2) is 41.3 Å². The standard InChI is InChI=1S/C14H21NO3S/c1-14(2,3)18-8-7-15-6-4-11-10(5-9-19-11)12(15)13(16)17/h5,9,12H,4,6-8H2,1-3H3,(H,16,17). The molecule has 1 atom stereocenters. The van der Waals surface area contributed by atoms with Crippen molar-refractivity contribution in [2.24, 2.45) is 0 Å². The third kappa shape index (κ3) is 3.55. The Labute approximate surface area is 118 Å². The summed E-state index contributed by atoms with van der Waals surface area (Å²) in [6.45, 7) is 8.03. The Hall–Kier alpha value is -0.910. The number of fused-ring (bicyclic) bond motifs is 1. The van der Waals surface area contributed by atoms with Crippen molar-refractivity contribution < 1.29 is 14.6 Å². The molecule has 0 saturated carbocycles. The van der Waals surface area contributed by atoms with Gasteiger partial charge in [0, 0.05) is 18.0 Å². The van der Waals surface area contributed by atoms with Gasteiger partial charge in [-0.25, -0.2) is 0 Å². The number of carbonyl (C=O) groups is 1. The van der Waals surface area contributed by atoms with Crippen molar-refractivity contribution in [2.45, 2.75) is 38.8 Å². The van der Waals surface area contributed by atoms with E-state index in [2.05, 4.69) is 0 Å². The highest BCUT2D eigenvalue weighted by Crippen LogP contribution is 2.33. The molecule has 0 bridgehead atoms. The molecular formula is C14H21NO3S. The second kappa shape index (κ2) is 5.61. The minimum Gasteiger partial charge on any atom is -0.480 e. The number of nitrogens with zero attached hydrogens (tertiary/aromatic N) is 1. The summed E-state index contributed by atoms with van der Waals surface area (Å²) < 4.78 is 5.70. The third-order valence-electron chi connectivity index (χ3n) is 3.21. The van der Waals surface area contributed by atoms with Gasteiger partial charge >= 0.3 is 5.97 Å². The molecule has 0 aliphatic carbocycles. The Bertz CT molecular complexity index is 450. The van der Waals surface area contributed by atoms with Gasteiger partial charge in [0.05, 0.1) is 12.2 Å². The number of carboxylic acid groups (broad SMARTS) is 1. The molecule has 1 unspecified atom stereocenters. The molecule has 1 aromatic heterocycles. The molecule has 106 valence electrons. The van der Waals surface area contributed by atoms with Gasteiger partial charge in [-0.05, 0) is 44.2 Å². The van der Waals surface area contributed by atoms with Crippen LogP contribution in [0, 0.1) is 0 Å². The summed E-state index contributed by atoms with van der Waals surface area (Å²) in [6, 6.07) is 1.42. The Morgan fingerprint density at radius 2 is 2.32 bits per heavy atom. The van der Waals surface area contributed by atoms with E-state index in [1.54, 1.807) is 11.3 Å². The number of aliphatic carboxylic acids is 1. The van der Waals surface area contributed by atoms with Crippen molar-refractivity contribution >= 4 is 17.3 Å². The molecule has 0 aromatic carbocycles. The molecule has 0 fully saturated rings. The normalized spacial score (nSPS) is 20.3. The zero-order chi connectivity index (χ0) is 14.0. The maximum absolute atomic E-state index is 11.5. The van der Waals surface area contributed by atoms with E-state index in [4.69, 9.17) is 4.74 Å². The number of carboxylic acids is 1. The van der Waals surface area contributed by atoms with Crippen molar-refractivity contribution in [2.75, 3.05) is 19.7 Å². The maximum Gasteiger partial charge on any atom is 0.325 e. The summed E-state index contributed by atoms with van der Waals surface area (Å²) >= 11 is 1.66. The smallest absolute Gasteiger partial charge is 0.325 e. The van der Waals surface area contributed by atoms with Crippen LogP contribution in [0.5, 0.6) is 0 Å². The van der Waals surface area contributed by atoms with Crippen LogP contribution in [0.4, 0.5) is 0 Å². The van der Waals surface area contributed by atoms with Crippen LogP contribution in [0.25, 0.3) is 0 Å². The molecule has 2 rings (SSSR count). The molecule has 4 nitrogen and oxygen atoms in total. The van der Waals surface area contributed by atoms with Crippen molar-refractivity contribution in [3.63, 3.8) is 0 Å². The van der Waals surface area contributed by atoms with Crippen LogP contribution >= 0.6 is 11.3 Å². The monoisotopic (exact) mass is 283 g/mol. The molecule has 1 aliphatic heterocycles. The highest BCUT2D eigenvalue weighted by molar-refractivity contribution is 7.10. The highest BCUT2D eigenvalue weighted by Gasteiger charge is 2.33. The first kappa shape index (κ1) is 14.5.